The third-order valence-electron chi connectivity index (χ3n) is 3.65. The molecule has 3 nitrogen and oxygen atoms in total. The monoisotopic (exact) mass is 239 g/mol. The lowest BCUT2D eigenvalue weighted by molar-refractivity contribution is 0.420. The van der Waals surface area contributed by atoms with E-state index in [1.807, 2.05) is 13.0 Å². The van der Waals surface area contributed by atoms with Crippen molar-refractivity contribution in [1.82, 2.24) is 9.97 Å². The summed E-state index contributed by atoms with van der Waals surface area (Å²) in [5.74, 6) is 1.12. The molecule has 0 spiro atoms. The van der Waals surface area contributed by atoms with Gasteiger partial charge in [-0.05, 0) is 37.3 Å². The third kappa shape index (κ3) is 2.08. The Morgan fingerprint density at radius 2 is 1.83 bits per heavy atom. The van der Waals surface area contributed by atoms with Gasteiger partial charge in [-0.15, -0.1) is 0 Å². The van der Waals surface area contributed by atoms with Crippen LogP contribution in [0.4, 0.5) is 5.95 Å². The minimum atomic E-state index is 0.341. The predicted molar refractivity (Wildman–Crippen MR) is 73.2 cm³/mol. The number of hydrogen-bond acceptors (Lipinski definition) is 3. The molecule has 0 bridgehead atoms. The molecule has 3 heteroatoms. The van der Waals surface area contributed by atoms with Crippen LogP contribution in [0, 0.1) is 6.92 Å². The Bertz CT molecular complexity index is 536. The van der Waals surface area contributed by atoms with Crippen LogP contribution in [0.2, 0.25) is 0 Å². The minimum absolute atomic E-state index is 0.341. The zero-order valence-corrected chi connectivity index (χ0v) is 10.6. The Balaban J connectivity index is 1.91. The fraction of sp³-hybridized carbons (Fsp3) is 0.333. The molecule has 1 heterocycles. The molecule has 0 atom stereocenters. The van der Waals surface area contributed by atoms with E-state index in [4.69, 9.17) is 5.73 Å². The molecule has 1 saturated carbocycles. The zero-order valence-electron chi connectivity index (χ0n) is 10.6. The highest BCUT2D eigenvalue weighted by atomic mass is 15.0. The summed E-state index contributed by atoms with van der Waals surface area (Å²) in [6.45, 7) is 1.93. The van der Waals surface area contributed by atoms with Gasteiger partial charge >= 0.3 is 0 Å². The van der Waals surface area contributed by atoms with E-state index in [-0.39, 0.29) is 0 Å². The number of nitrogens with two attached hydrogens (primary N) is 1. The fourth-order valence-electron chi connectivity index (χ4n) is 2.41. The van der Waals surface area contributed by atoms with Crippen molar-refractivity contribution in [3.63, 3.8) is 0 Å². The first kappa shape index (κ1) is 11.2. The number of hydrogen-bond donors (Lipinski definition) is 1. The molecule has 2 N–H and O–H groups in total. The van der Waals surface area contributed by atoms with Crippen molar-refractivity contribution in [3.8, 4) is 11.3 Å². The molecule has 0 unspecified atom stereocenters. The van der Waals surface area contributed by atoms with E-state index in [2.05, 4.69) is 34.2 Å². The number of aromatic nitrogens is 2. The molecule has 2 aromatic rings. The van der Waals surface area contributed by atoms with Crippen LogP contribution in [0.25, 0.3) is 11.3 Å². The summed E-state index contributed by atoms with van der Waals surface area (Å²) in [7, 11) is 0. The maximum absolute atomic E-state index is 5.68. The molecule has 0 amide bonds. The fourth-order valence-corrected chi connectivity index (χ4v) is 2.41. The molecule has 1 aromatic heterocycles. The molecule has 1 aliphatic carbocycles. The normalized spacial score (nSPS) is 15.4. The lowest BCUT2D eigenvalue weighted by atomic mass is 9.80. The summed E-state index contributed by atoms with van der Waals surface area (Å²) in [4.78, 5) is 8.37. The molecule has 18 heavy (non-hydrogen) atoms. The first-order valence-corrected chi connectivity index (χ1v) is 6.44. The van der Waals surface area contributed by atoms with Crippen molar-refractivity contribution in [1.29, 1.82) is 0 Å². The van der Waals surface area contributed by atoms with Crippen LogP contribution >= 0.6 is 0 Å². The second kappa shape index (κ2) is 4.41. The standard InChI is InChI=1S/C15H17N3/c1-10-9-14(18-15(16)17-10)13-7-5-12(6-8-13)11-3-2-4-11/h5-9,11H,2-4H2,1H3,(H2,16,17,18). The van der Waals surface area contributed by atoms with Gasteiger partial charge in [0.1, 0.15) is 0 Å². The van der Waals surface area contributed by atoms with Crippen molar-refractivity contribution >= 4 is 5.95 Å². The highest BCUT2D eigenvalue weighted by Gasteiger charge is 2.19. The topological polar surface area (TPSA) is 51.8 Å². The predicted octanol–water partition coefficient (Wildman–Crippen LogP) is 3.30. The van der Waals surface area contributed by atoms with E-state index < -0.39 is 0 Å². The summed E-state index contributed by atoms with van der Waals surface area (Å²) in [6, 6.07) is 10.7. The molecule has 0 aliphatic heterocycles. The maximum Gasteiger partial charge on any atom is 0.220 e. The molecule has 0 radical (unpaired) electrons. The van der Waals surface area contributed by atoms with Crippen LogP contribution in [0.1, 0.15) is 36.4 Å². The molecule has 92 valence electrons. The highest BCUT2D eigenvalue weighted by Crippen LogP contribution is 2.36. The first-order valence-electron chi connectivity index (χ1n) is 6.44. The minimum Gasteiger partial charge on any atom is -0.368 e. The molecule has 0 saturated heterocycles. The summed E-state index contributed by atoms with van der Waals surface area (Å²) in [5, 5.41) is 0. The van der Waals surface area contributed by atoms with Crippen LogP contribution in [-0.4, -0.2) is 9.97 Å². The number of anilines is 1. The second-order valence-electron chi connectivity index (χ2n) is 5.00. The molecule has 1 aromatic carbocycles. The van der Waals surface area contributed by atoms with E-state index in [1.165, 1.54) is 24.8 Å². The van der Waals surface area contributed by atoms with Crippen molar-refractivity contribution in [2.45, 2.75) is 32.1 Å². The van der Waals surface area contributed by atoms with Gasteiger partial charge in [0.15, 0.2) is 0 Å². The molecule has 1 fully saturated rings. The van der Waals surface area contributed by atoms with Gasteiger partial charge in [0.25, 0.3) is 0 Å². The quantitative estimate of drug-likeness (QED) is 0.874. The van der Waals surface area contributed by atoms with Crippen molar-refractivity contribution in [2.24, 2.45) is 0 Å². The second-order valence-corrected chi connectivity index (χ2v) is 5.00. The van der Waals surface area contributed by atoms with E-state index in [9.17, 15) is 0 Å². The van der Waals surface area contributed by atoms with Crippen LogP contribution in [-0.2, 0) is 0 Å². The molecule has 1 aliphatic rings. The number of nitrogen functional groups attached to an aromatic ring is 1. The van der Waals surface area contributed by atoms with Crippen LogP contribution in [0.15, 0.2) is 30.3 Å². The van der Waals surface area contributed by atoms with E-state index in [1.54, 1.807) is 0 Å². The van der Waals surface area contributed by atoms with E-state index >= 15 is 0 Å². The van der Waals surface area contributed by atoms with E-state index in [0.717, 1.165) is 22.9 Å². The zero-order chi connectivity index (χ0) is 12.5. The van der Waals surface area contributed by atoms with Crippen LogP contribution in [0.3, 0.4) is 0 Å². The third-order valence-corrected chi connectivity index (χ3v) is 3.65. The van der Waals surface area contributed by atoms with Crippen molar-refractivity contribution in [2.75, 3.05) is 5.73 Å². The number of benzene rings is 1. The lowest BCUT2D eigenvalue weighted by Crippen LogP contribution is -2.08. The smallest absolute Gasteiger partial charge is 0.220 e. The van der Waals surface area contributed by atoms with Crippen molar-refractivity contribution in [3.05, 3.63) is 41.6 Å². The van der Waals surface area contributed by atoms with Gasteiger partial charge in [-0.1, -0.05) is 30.7 Å². The summed E-state index contributed by atoms with van der Waals surface area (Å²) in [5.41, 5.74) is 10.0. The Morgan fingerprint density at radius 1 is 1.11 bits per heavy atom. The maximum atomic E-state index is 5.68. The first-order chi connectivity index (χ1) is 8.72. The van der Waals surface area contributed by atoms with Gasteiger partial charge in [-0.25, -0.2) is 9.97 Å². The van der Waals surface area contributed by atoms with Gasteiger partial charge in [0.05, 0.1) is 5.69 Å². The molecular formula is C15H17N3. The largest absolute Gasteiger partial charge is 0.368 e. The average molecular weight is 239 g/mol. The highest BCUT2D eigenvalue weighted by molar-refractivity contribution is 5.61. The molecule has 3 rings (SSSR count). The number of rotatable bonds is 2. The Hall–Kier alpha value is -1.90. The van der Waals surface area contributed by atoms with Crippen LogP contribution < -0.4 is 5.73 Å². The number of nitrogens with zero attached hydrogens (tertiary/aromatic N) is 2. The van der Waals surface area contributed by atoms with Gasteiger partial charge in [0.2, 0.25) is 5.95 Å². The van der Waals surface area contributed by atoms with Crippen LogP contribution in [0.5, 0.6) is 0 Å². The van der Waals surface area contributed by atoms with Gasteiger partial charge in [-0.3, -0.25) is 0 Å². The summed E-state index contributed by atoms with van der Waals surface area (Å²) in [6.07, 6.45) is 4.03. The number of aryl methyl sites for hydroxylation is 1. The Kier molecular flexibility index (Phi) is 2.74. The lowest BCUT2D eigenvalue weighted by Gasteiger charge is -2.25. The molecular weight excluding hydrogens is 222 g/mol. The Morgan fingerprint density at radius 3 is 2.39 bits per heavy atom. The SMILES string of the molecule is Cc1cc(-c2ccc(C3CCC3)cc2)nc(N)n1. The van der Waals surface area contributed by atoms with E-state index in [0.29, 0.717) is 5.95 Å². The summed E-state index contributed by atoms with van der Waals surface area (Å²) >= 11 is 0. The average Bonchev–Trinajstić information content (AvgIpc) is 2.26. The Labute approximate surface area is 107 Å². The summed E-state index contributed by atoms with van der Waals surface area (Å²) < 4.78 is 0. The van der Waals surface area contributed by atoms with Gasteiger partial charge in [-0.2, -0.15) is 0 Å². The van der Waals surface area contributed by atoms with Gasteiger partial charge < -0.3 is 5.73 Å². The van der Waals surface area contributed by atoms with Crippen molar-refractivity contribution < 1.29 is 0 Å². The van der Waals surface area contributed by atoms with Gasteiger partial charge in [0, 0.05) is 11.3 Å².